The van der Waals surface area contributed by atoms with E-state index in [9.17, 15) is 0 Å². The Kier molecular flexibility index (Phi) is 3.69. The predicted molar refractivity (Wildman–Crippen MR) is 78.2 cm³/mol. The van der Waals surface area contributed by atoms with Crippen molar-refractivity contribution in [2.24, 2.45) is 0 Å². The molecule has 0 spiro atoms. The average Bonchev–Trinajstić information content (AvgIpc) is 2.55. The Balaban J connectivity index is 1.75. The van der Waals surface area contributed by atoms with Gasteiger partial charge in [-0.05, 0) is 23.8 Å². The highest BCUT2D eigenvalue weighted by molar-refractivity contribution is 5.57. The fraction of sp³-hybridized carbons (Fsp3) is 0.0588. The summed E-state index contributed by atoms with van der Waals surface area (Å²) < 4.78 is 5.72. The topological polar surface area (TPSA) is 35.0 Å². The van der Waals surface area contributed by atoms with Gasteiger partial charge >= 0.3 is 0 Å². The van der Waals surface area contributed by atoms with Crippen LogP contribution in [0, 0.1) is 0 Å². The second-order valence-corrected chi connectivity index (χ2v) is 4.38. The van der Waals surface area contributed by atoms with Crippen molar-refractivity contribution in [3.05, 3.63) is 78.6 Å². The highest BCUT2D eigenvalue weighted by Crippen LogP contribution is 2.19. The molecule has 0 bridgehead atoms. The van der Waals surface area contributed by atoms with Gasteiger partial charge < -0.3 is 4.74 Å². The smallest absolute Gasteiger partial charge is 0.214 e. The Morgan fingerprint density at radius 1 is 0.850 bits per heavy atom. The molecule has 0 unspecified atom stereocenters. The van der Waals surface area contributed by atoms with Crippen molar-refractivity contribution >= 4 is 0 Å². The van der Waals surface area contributed by atoms with Crippen LogP contribution in [0.1, 0.15) is 5.56 Å². The highest BCUT2D eigenvalue weighted by Gasteiger charge is 2.02. The molecule has 0 amide bonds. The number of aromatic nitrogens is 2. The number of ether oxygens (including phenoxy) is 1. The lowest BCUT2D eigenvalue weighted by Gasteiger charge is -2.07. The van der Waals surface area contributed by atoms with Gasteiger partial charge in [-0.2, -0.15) is 0 Å². The lowest BCUT2D eigenvalue weighted by atomic mass is 10.2. The van der Waals surface area contributed by atoms with Gasteiger partial charge in [-0.25, -0.2) is 4.98 Å². The molecule has 2 aromatic heterocycles. The van der Waals surface area contributed by atoms with Crippen LogP contribution in [0.4, 0.5) is 0 Å². The summed E-state index contributed by atoms with van der Waals surface area (Å²) in [5.74, 6) is 0.621. The molecule has 1 aromatic carbocycles. The van der Waals surface area contributed by atoms with E-state index in [1.54, 1.807) is 12.4 Å². The summed E-state index contributed by atoms with van der Waals surface area (Å²) in [6, 6.07) is 19.7. The van der Waals surface area contributed by atoms with Gasteiger partial charge in [-0.3, -0.25) is 4.98 Å². The molecule has 0 radical (unpaired) electrons. The molecule has 3 nitrogen and oxygen atoms in total. The molecule has 20 heavy (non-hydrogen) atoms. The molecule has 0 aliphatic rings. The van der Waals surface area contributed by atoms with Crippen LogP contribution in [0.3, 0.4) is 0 Å². The molecular formula is C17H14N2O. The third-order valence-corrected chi connectivity index (χ3v) is 2.91. The van der Waals surface area contributed by atoms with Crippen LogP contribution in [0.5, 0.6) is 5.88 Å². The van der Waals surface area contributed by atoms with Crippen molar-refractivity contribution in [3.63, 3.8) is 0 Å². The van der Waals surface area contributed by atoms with E-state index in [4.69, 9.17) is 4.74 Å². The van der Waals surface area contributed by atoms with E-state index in [1.165, 1.54) is 0 Å². The Morgan fingerprint density at radius 3 is 2.55 bits per heavy atom. The van der Waals surface area contributed by atoms with E-state index in [-0.39, 0.29) is 0 Å². The van der Waals surface area contributed by atoms with E-state index in [0.29, 0.717) is 12.5 Å². The minimum absolute atomic E-state index is 0.518. The van der Waals surface area contributed by atoms with E-state index in [2.05, 4.69) is 9.97 Å². The van der Waals surface area contributed by atoms with Gasteiger partial charge in [0.05, 0.1) is 5.69 Å². The molecule has 2 heterocycles. The first-order valence-electron chi connectivity index (χ1n) is 6.46. The van der Waals surface area contributed by atoms with E-state index in [1.807, 2.05) is 60.7 Å². The minimum atomic E-state index is 0.518. The predicted octanol–water partition coefficient (Wildman–Crippen LogP) is 3.72. The zero-order chi connectivity index (χ0) is 13.6. The molecule has 0 fully saturated rings. The second kappa shape index (κ2) is 5.97. The summed E-state index contributed by atoms with van der Waals surface area (Å²) in [4.78, 5) is 8.60. The highest BCUT2D eigenvalue weighted by atomic mass is 16.5. The lowest BCUT2D eigenvalue weighted by molar-refractivity contribution is 0.294. The number of pyridine rings is 2. The van der Waals surface area contributed by atoms with Crippen molar-refractivity contribution in [2.45, 2.75) is 6.61 Å². The van der Waals surface area contributed by atoms with Gasteiger partial charge in [-0.15, -0.1) is 0 Å². The molecule has 3 aromatic rings. The number of rotatable bonds is 4. The standard InChI is InChI=1S/C17H14N2O/c1-2-6-14(7-3-1)13-20-17-10-4-9-16(19-17)15-8-5-11-18-12-15/h1-12H,13H2. The van der Waals surface area contributed by atoms with Gasteiger partial charge in [0.25, 0.3) is 0 Å². The third-order valence-electron chi connectivity index (χ3n) is 2.91. The maximum absolute atomic E-state index is 5.72. The Hall–Kier alpha value is -2.68. The van der Waals surface area contributed by atoms with Crippen LogP contribution in [0.15, 0.2) is 73.1 Å². The van der Waals surface area contributed by atoms with E-state index in [0.717, 1.165) is 16.8 Å². The summed E-state index contributed by atoms with van der Waals surface area (Å²) in [5, 5.41) is 0. The van der Waals surface area contributed by atoms with Gasteiger partial charge in [-0.1, -0.05) is 36.4 Å². The Labute approximate surface area is 117 Å². The lowest BCUT2D eigenvalue weighted by Crippen LogP contribution is -1.97. The quantitative estimate of drug-likeness (QED) is 0.718. The first kappa shape index (κ1) is 12.4. The number of nitrogens with zero attached hydrogens (tertiary/aromatic N) is 2. The third kappa shape index (κ3) is 3.01. The van der Waals surface area contributed by atoms with E-state index < -0.39 is 0 Å². The zero-order valence-electron chi connectivity index (χ0n) is 10.9. The largest absolute Gasteiger partial charge is 0.473 e. The molecule has 0 saturated carbocycles. The fourth-order valence-electron chi connectivity index (χ4n) is 1.90. The number of hydrogen-bond acceptors (Lipinski definition) is 3. The van der Waals surface area contributed by atoms with Gasteiger partial charge in [0, 0.05) is 24.0 Å². The summed E-state index contributed by atoms with van der Waals surface area (Å²) in [5.41, 5.74) is 2.97. The summed E-state index contributed by atoms with van der Waals surface area (Å²) in [6.07, 6.45) is 3.54. The van der Waals surface area contributed by atoms with Crippen LogP contribution in [-0.2, 0) is 6.61 Å². The Morgan fingerprint density at radius 2 is 1.75 bits per heavy atom. The molecule has 3 heteroatoms. The van der Waals surface area contributed by atoms with Crippen LogP contribution in [0.2, 0.25) is 0 Å². The van der Waals surface area contributed by atoms with Crippen molar-refractivity contribution in [1.29, 1.82) is 0 Å². The van der Waals surface area contributed by atoms with Crippen molar-refractivity contribution in [3.8, 4) is 17.1 Å². The molecule has 0 saturated heterocycles. The molecule has 0 aliphatic carbocycles. The van der Waals surface area contributed by atoms with Crippen LogP contribution in [0.25, 0.3) is 11.3 Å². The molecule has 0 atom stereocenters. The number of benzene rings is 1. The fourth-order valence-corrected chi connectivity index (χ4v) is 1.90. The first-order valence-corrected chi connectivity index (χ1v) is 6.46. The van der Waals surface area contributed by atoms with Crippen molar-refractivity contribution in [1.82, 2.24) is 9.97 Å². The Bertz CT molecular complexity index is 669. The van der Waals surface area contributed by atoms with Gasteiger partial charge in [0.2, 0.25) is 5.88 Å². The summed E-state index contributed by atoms with van der Waals surface area (Å²) >= 11 is 0. The molecule has 98 valence electrons. The van der Waals surface area contributed by atoms with Gasteiger partial charge in [0.15, 0.2) is 0 Å². The molecule has 0 N–H and O–H groups in total. The molecule has 3 rings (SSSR count). The average molecular weight is 262 g/mol. The maximum Gasteiger partial charge on any atom is 0.214 e. The second-order valence-electron chi connectivity index (χ2n) is 4.38. The summed E-state index contributed by atoms with van der Waals surface area (Å²) in [7, 11) is 0. The minimum Gasteiger partial charge on any atom is -0.473 e. The SMILES string of the molecule is c1ccc(COc2cccc(-c3cccnc3)n2)cc1. The first-order chi connectivity index (χ1) is 9.92. The van der Waals surface area contributed by atoms with Crippen LogP contribution < -0.4 is 4.74 Å². The maximum atomic E-state index is 5.72. The molecular weight excluding hydrogens is 248 g/mol. The van der Waals surface area contributed by atoms with Crippen LogP contribution >= 0.6 is 0 Å². The monoisotopic (exact) mass is 262 g/mol. The van der Waals surface area contributed by atoms with Crippen molar-refractivity contribution in [2.75, 3.05) is 0 Å². The zero-order valence-corrected chi connectivity index (χ0v) is 10.9. The van der Waals surface area contributed by atoms with Crippen molar-refractivity contribution < 1.29 is 4.74 Å². The van der Waals surface area contributed by atoms with E-state index >= 15 is 0 Å². The summed E-state index contributed by atoms with van der Waals surface area (Å²) in [6.45, 7) is 0.518. The number of hydrogen-bond donors (Lipinski definition) is 0. The normalized spacial score (nSPS) is 10.2. The molecule has 0 aliphatic heterocycles. The van der Waals surface area contributed by atoms with Crippen LogP contribution in [-0.4, -0.2) is 9.97 Å². The van der Waals surface area contributed by atoms with Gasteiger partial charge in [0.1, 0.15) is 6.61 Å².